The number of likely N-dealkylation sites (N-methyl/N-ethyl adjacent to an activating group) is 2. The van der Waals surface area contributed by atoms with Crippen molar-refractivity contribution in [3.63, 3.8) is 0 Å². The maximum Gasteiger partial charge on any atom is 0.322 e. The maximum absolute atomic E-state index is 14.5. The summed E-state index contributed by atoms with van der Waals surface area (Å²) < 4.78 is 0. The first-order valence-corrected chi connectivity index (χ1v) is 14.5. The average molecular weight is 586 g/mol. The molecule has 9 heteroatoms. The van der Waals surface area contributed by atoms with Gasteiger partial charge in [0, 0.05) is 38.1 Å². The lowest BCUT2D eigenvalue weighted by Crippen LogP contribution is -2.52. The van der Waals surface area contributed by atoms with Gasteiger partial charge in [-0.15, -0.1) is 0 Å². The van der Waals surface area contributed by atoms with Gasteiger partial charge < -0.3 is 20.0 Å². The van der Waals surface area contributed by atoms with Crippen LogP contribution < -0.4 is 5.32 Å². The van der Waals surface area contributed by atoms with E-state index >= 15 is 0 Å². The van der Waals surface area contributed by atoms with E-state index in [1.54, 1.807) is 24.1 Å². The summed E-state index contributed by atoms with van der Waals surface area (Å²) >= 11 is 6.12. The van der Waals surface area contributed by atoms with Crippen molar-refractivity contribution in [2.24, 2.45) is 0 Å². The molecule has 4 amide bonds. The first-order valence-electron chi connectivity index (χ1n) is 14.1. The van der Waals surface area contributed by atoms with Crippen LogP contribution in [-0.4, -0.2) is 84.3 Å². The second-order valence-electron chi connectivity index (χ2n) is 11.0. The number of carbonyl (C=O) groups is 3. The molecule has 3 aromatic rings. The molecule has 8 nitrogen and oxygen atoms in total. The van der Waals surface area contributed by atoms with E-state index in [2.05, 4.69) is 5.32 Å². The number of halogens is 1. The Morgan fingerprint density at radius 3 is 2.17 bits per heavy atom. The van der Waals surface area contributed by atoms with Crippen molar-refractivity contribution >= 4 is 29.4 Å². The van der Waals surface area contributed by atoms with Crippen molar-refractivity contribution in [3.8, 4) is 0 Å². The summed E-state index contributed by atoms with van der Waals surface area (Å²) in [7, 11) is 5.61. The lowest BCUT2D eigenvalue weighted by atomic mass is 9.95. The molecule has 3 aromatic carbocycles. The Morgan fingerprint density at radius 2 is 1.55 bits per heavy atom. The summed E-state index contributed by atoms with van der Waals surface area (Å²) in [6, 6.07) is 25.1. The van der Waals surface area contributed by atoms with E-state index in [-0.39, 0.29) is 24.4 Å². The summed E-state index contributed by atoms with van der Waals surface area (Å²) in [5.74, 6) is -0.374. The van der Waals surface area contributed by atoms with Crippen LogP contribution in [-0.2, 0) is 22.6 Å². The number of nitrogens with one attached hydrogen (secondary N) is 1. The molecule has 0 saturated heterocycles. The molecule has 5 rings (SSSR count). The summed E-state index contributed by atoms with van der Waals surface area (Å²) in [5, 5.41) is 3.53. The Kier molecular flexibility index (Phi) is 8.94. The molecular formula is C33H36ClN5O3. The fourth-order valence-corrected chi connectivity index (χ4v) is 5.64. The quantitative estimate of drug-likeness (QED) is 0.384. The van der Waals surface area contributed by atoms with Gasteiger partial charge in [-0.25, -0.2) is 4.79 Å². The Morgan fingerprint density at radius 1 is 0.929 bits per heavy atom. The van der Waals surface area contributed by atoms with E-state index in [1.165, 1.54) is 4.90 Å². The number of rotatable bonds is 10. The lowest BCUT2D eigenvalue weighted by Gasteiger charge is -2.34. The lowest BCUT2D eigenvalue weighted by molar-refractivity contribution is -0.143. The van der Waals surface area contributed by atoms with Gasteiger partial charge in [-0.1, -0.05) is 84.4 Å². The van der Waals surface area contributed by atoms with Gasteiger partial charge in [-0.3, -0.25) is 14.5 Å². The minimum atomic E-state index is -0.759. The minimum absolute atomic E-state index is 0.122. The minimum Gasteiger partial charge on any atom is -0.335 e. The van der Waals surface area contributed by atoms with E-state index in [9.17, 15) is 14.4 Å². The van der Waals surface area contributed by atoms with Crippen LogP contribution in [0.1, 0.15) is 22.7 Å². The van der Waals surface area contributed by atoms with E-state index in [0.717, 1.165) is 16.7 Å². The molecule has 2 atom stereocenters. The monoisotopic (exact) mass is 585 g/mol. The van der Waals surface area contributed by atoms with Crippen LogP contribution in [0.15, 0.2) is 96.2 Å². The molecule has 1 N–H and O–H groups in total. The Labute approximate surface area is 252 Å². The van der Waals surface area contributed by atoms with Crippen molar-refractivity contribution in [3.05, 3.63) is 118 Å². The van der Waals surface area contributed by atoms with Crippen LogP contribution in [0.5, 0.6) is 0 Å². The van der Waals surface area contributed by atoms with Gasteiger partial charge in [0.1, 0.15) is 6.04 Å². The predicted molar refractivity (Wildman–Crippen MR) is 164 cm³/mol. The molecule has 0 aliphatic carbocycles. The zero-order chi connectivity index (χ0) is 29.8. The van der Waals surface area contributed by atoms with Crippen LogP contribution in [0.25, 0.3) is 0 Å². The highest BCUT2D eigenvalue weighted by Gasteiger charge is 2.46. The number of hydrogen-bond donors (Lipinski definition) is 1. The Balaban J connectivity index is 1.51. The smallest absolute Gasteiger partial charge is 0.322 e. The summed E-state index contributed by atoms with van der Waals surface area (Å²) in [4.78, 5) is 48.9. The molecule has 0 saturated carbocycles. The number of carbonyl (C=O) groups excluding carboxylic acids is 3. The second kappa shape index (κ2) is 12.8. The standard InChI is InChI=1S/C33H36ClN5O3/c1-36(2)18-19-38(21-24-12-8-5-9-13-24)31(40)27(20-23-10-6-4-7-11-23)39-22-28-29(32(39)41)30(35-33(42)37(28)3)25-14-16-26(34)17-15-25/h4-17,27,30H,18-22H2,1-3H3,(H,35,42)/t27-,30-/m1/s1. The highest BCUT2D eigenvalue weighted by molar-refractivity contribution is 6.30. The van der Waals surface area contributed by atoms with Crippen LogP contribution in [0.3, 0.4) is 0 Å². The topological polar surface area (TPSA) is 76.2 Å². The van der Waals surface area contributed by atoms with Crippen LogP contribution in [0.2, 0.25) is 5.02 Å². The van der Waals surface area contributed by atoms with Crippen LogP contribution >= 0.6 is 11.6 Å². The van der Waals surface area contributed by atoms with Gasteiger partial charge >= 0.3 is 6.03 Å². The van der Waals surface area contributed by atoms with Gasteiger partial charge in [-0.2, -0.15) is 0 Å². The molecule has 0 bridgehead atoms. The SMILES string of the molecule is CN(C)CCN(Cc1ccccc1)C(=O)[C@@H](Cc1ccccc1)N1CC2=C(C1=O)[C@@H](c1ccc(Cl)cc1)NC(=O)N2C. The van der Waals surface area contributed by atoms with E-state index < -0.39 is 12.1 Å². The largest absolute Gasteiger partial charge is 0.335 e. The number of amides is 4. The van der Waals surface area contributed by atoms with Gasteiger partial charge in [0.2, 0.25) is 5.91 Å². The Hall–Kier alpha value is -4.14. The van der Waals surface area contributed by atoms with Crippen molar-refractivity contribution in [1.82, 2.24) is 24.9 Å². The first-order chi connectivity index (χ1) is 20.2. The number of nitrogens with zero attached hydrogens (tertiary/aromatic N) is 4. The molecule has 0 unspecified atom stereocenters. The zero-order valence-electron chi connectivity index (χ0n) is 24.2. The molecule has 2 heterocycles. The third-order valence-electron chi connectivity index (χ3n) is 7.87. The van der Waals surface area contributed by atoms with E-state index in [0.29, 0.717) is 42.3 Å². The van der Waals surface area contributed by atoms with Gasteiger partial charge in [0.05, 0.1) is 23.9 Å². The molecule has 218 valence electrons. The number of hydrogen-bond acceptors (Lipinski definition) is 4. The predicted octanol–water partition coefficient (Wildman–Crippen LogP) is 4.33. The molecule has 0 radical (unpaired) electrons. The van der Waals surface area contributed by atoms with Gasteiger partial charge in [-0.05, 0) is 42.9 Å². The molecule has 0 fully saturated rings. The third-order valence-corrected chi connectivity index (χ3v) is 8.12. The fourth-order valence-electron chi connectivity index (χ4n) is 5.52. The second-order valence-corrected chi connectivity index (χ2v) is 11.5. The highest BCUT2D eigenvalue weighted by Crippen LogP contribution is 2.37. The fraction of sp³-hybridized carbons (Fsp3) is 0.303. The highest BCUT2D eigenvalue weighted by atomic mass is 35.5. The van der Waals surface area contributed by atoms with Gasteiger partial charge in [0.15, 0.2) is 0 Å². The van der Waals surface area contributed by atoms with Crippen molar-refractivity contribution < 1.29 is 14.4 Å². The summed E-state index contributed by atoms with van der Waals surface area (Å²) in [6.07, 6.45) is 0.357. The third kappa shape index (κ3) is 6.35. The van der Waals surface area contributed by atoms with E-state index in [4.69, 9.17) is 11.6 Å². The van der Waals surface area contributed by atoms with Crippen molar-refractivity contribution in [2.45, 2.75) is 25.0 Å². The summed E-state index contributed by atoms with van der Waals surface area (Å²) in [5.41, 5.74) is 3.82. The van der Waals surface area contributed by atoms with Crippen molar-refractivity contribution in [2.75, 3.05) is 40.8 Å². The maximum atomic E-state index is 14.5. The molecule has 2 aliphatic rings. The molecule has 42 heavy (non-hydrogen) atoms. The molecule has 0 aromatic heterocycles. The molecule has 2 aliphatic heterocycles. The van der Waals surface area contributed by atoms with Gasteiger partial charge in [0.25, 0.3) is 5.91 Å². The number of benzene rings is 3. The number of urea groups is 1. The van der Waals surface area contributed by atoms with Crippen LogP contribution in [0, 0.1) is 0 Å². The zero-order valence-corrected chi connectivity index (χ0v) is 24.9. The van der Waals surface area contributed by atoms with E-state index in [1.807, 2.05) is 96.7 Å². The Bertz CT molecular complexity index is 1460. The normalized spacial score (nSPS) is 17.4. The van der Waals surface area contributed by atoms with Crippen LogP contribution in [0.4, 0.5) is 4.79 Å². The molecule has 0 spiro atoms. The first kappa shape index (κ1) is 29.4. The summed E-state index contributed by atoms with van der Waals surface area (Å²) in [6.45, 7) is 1.78. The van der Waals surface area contributed by atoms with Crippen molar-refractivity contribution in [1.29, 1.82) is 0 Å². The molecular weight excluding hydrogens is 550 g/mol. The average Bonchev–Trinajstić information content (AvgIpc) is 3.34.